The van der Waals surface area contributed by atoms with Crippen molar-refractivity contribution >= 4 is 5.71 Å². The number of rotatable bonds is 3. The Labute approximate surface area is 113 Å². The molecule has 2 rings (SSSR count). The van der Waals surface area contributed by atoms with Crippen LogP contribution < -0.4 is 4.74 Å². The number of oxime groups is 1. The third-order valence-corrected chi connectivity index (χ3v) is 3.10. The van der Waals surface area contributed by atoms with Crippen LogP contribution in [0, 0.1) is 5.92 Å². The van der Waals surface area contributed by atoms with Gasteiger partial charge < -0.3 is 14.7 Å². The zero-order valence-electron chi connectivity index (χ0n) is 10.6. The van der Waals surface area contributed by atoms with Gasteiger partial charge in [-0.2, -0.15) is 0 Å². The van der Waals surface area contributed by atoms with Crippen LogP contribution in [0.4, 0.5) is 13.2 Å². The lowest BCUT2D eigenvalue weighted by atomic mass is 9.90. The van der Waals surface area contributed by atoms with Crippen LogP contribution in [-0.4, -0.2) is 30.5 Å². The van der Waals surface area contributed by atoms with Gasteiger partial charge in [0.05, 0.1) is 5.71 Å². The highest BCUT2D eigenvalue weighted by molar-refractivity contribution is 6.02. The van der Waals surface area contributed by atoms with Crippen LogP contribution in [0.2, 0.25) is 0 Å². The average Bonchev–Trinajstić information content (AvgIpc) is 2.41. The number of benzene rings is 1. The molecule has 0 bridgehead atoms. The van der Waals surface area contributed by atoms with Gasteiger partial charge in [0.2, 0.25) is 0 Å². The summed E-state index contributed by atoms with van der Waals surface area (Å²) in [4.78, 5) is 0. The van der Waals surface area contributed by atoms with E-state index >= 15 is 0 Å². The molecule has 0 saturated carbocycles. The van der Waals surface area contributed by atoms with E-state index in [1.165, 1.54) is 24.3 Å². The fraction of sp³-hybridized carbons (Fsp3) is 0.462. The van der Waals surface area contributed by atoms with Crippen molar-refractivity contribution < 1.29 is 27.9 Å². The van der Waals surface area contributed by atoms with Gasteiger partial charge in [-0.05, 0) is 42.7 Å². The third-order valence-electron chi connectivity index (χ3n) is 3.10. The number of hydrogen-bond donors (Lipinski definition) is 1. The molecule has 1 saturated heterocycles. The Morgan fingerprint density at radius 1 is 1.20 bits per heavy atom. The summed E-state index contributed by atoms with van der Waals surface area (Å²) < 4.78 is 45.2. The minimum atomic E-state index is -4.71. The van der Waals surface area contributed by atoms with Gasteiger partial charge in [0.25, 0.3) is 0 Å². The highest BCUT2D eigenvalue weighted by Crippen LogP contribution is 2.25. The van der Waals surface area contributed by atoms with Gasteiger partial charge in [-0.25, -0.2) is 0 Å². The van der Waals surface area contributed by atoms with Crippen molar-refractivity contribution in [3.8, 4) is 5.75 Å². The van der Waals surface area contributed by atoms with Crippen molar-refractivity contribution in [1.82, 2.24) is 0 Å². The molecule has 0 radical (unpaired) electrons. The minimum Gasteiger partial charge on any atom is -0.411 e. The SMILES string of the molecule is O/N=C(\c1ccc(OC(F)(F)F)cc1)C1CCOCC1. The summed E-state index contributed by atoms with van der Waals surface area (Å²) in [6.45, 7) is 1.16. The molecule has 110 valence electrons. The maximum absolute atomic E-state index is 12.1. The molecule has 0 aromatic heterocycles. The van der Waals surface area contributed by atoms with Crippen LogP contribution in [-0.2, 0) is 4.74 Å². The second-order valence-corrected chi connectivity index (χ2v) is 4.44. The predicted molar refractivity (Wildman–Crippen MR) is 65.0 cm³/mol. The van der Waals surface area contributed by atoms with Crippen molar-refractivity contribution in [1.29, 1.82) is 0 Å². The first kappa shape index (κ1) is 14.6. The first-order valence-electron chi connectivity index (χ1n) is 6.15. The lowest BCUT2D eigenvalue weighted by molar-refractivity contribution is -0.274. The van der Waals surface area contributed by atoms with E-state index in [-0.39, 0.29) is 11.7 Å². The van der Waals surface area contributed by atoms with E-state index in [9.17, 15) is 13.2 Å². The van der Waals surface area contributed by atoms with Gasteiger partial charge in [0.1, 0.15) is 5.75 Å². The average molecular weight is 289 g/mol. The van der Waals surface area contributed by atoms with Crippen LogP contribution >= 0.6 is 0 Å². The first-order valence-corrected chi connectivity index (χ1v) is 6.15. The fourth-order valence-electron chi connectivity index (χ4n) is 2.17. The second kappa shape index (κ2) is 6.13. The lowest BCUT2D eigenvalue weighted by Crippen LogP contribution is -2.24. The highest BCUT2D eigenvalue weighted by atomic mass is 19.4. The molecule has 1 aliphatic rings. The van der Waals surface area contributed by atoms with Crippen LogP contribution in [0.1, 0.15) is 18.4 Å². The molecule has 1 aliphatic heterocycles. The molecule has 4 nitrogen and oxygen atoms in total. The first-order chi connectivity index (χ1) is 9.49. The number of alkyl halides is 3. The van der Waals surface area contributed by atoms with Crippen LogP contribution in [0.15, 0.2) is 29.4 Å². The lowest BCUT2D eigenvalue weighted by Gasteiger charge is -2.23. The predicted octanol–water partition coefficient (Wildman–Crippen LogP) is 3.19. The molecule has 1 aromatic rings. The molecule has 1 heterocycles. The van der Waals surface area contributed by atoms with Crippen LogP contribution in [0.5, 0.6) is 5.75 Å². The Morgan fingerprint density at radius 2 is 1.80 bits per heavy atom. The Bertz CT molecular complexity index is 465. The monoisotopic (exact) mass is 289 g/mol. The van der Waals surface area contributed by atoms with E-state index in [0.29, 0.717) is 24.5 Å². The summed E-state index contributed by atoms with van der Waals surface area (Å²) in [6, 6.07) is 5.30. The number of ether oxygens (including phenoxy) is 2. The Balaban J connectivity index is 2.11. The van der Waals surface area contributed by atoms with Gasteiger partial charge in [-0.3, -0.25) is 0 Å². The number of halogens is 3. The molecule has 20 heavy (non-hydrogen) atoms. The maximum Gasteiger partial charge on any atom is 0.573 e. The molecule has 1 aromatic carbocycles. The molecular weight excluding hydrogens is 275 g/mol. The van der Waals surface area contributed by atoms with Crippen LogP contribution in [0.3, 0.4) is 0 Å². The zero-order chi connectivity index (χ0) is 14.6. The summed E-state index contributed by atoms with van der Waals surface area (Å²) >= 11 is 0. The molecule has 1 fully saturated rings. The summed E-state index contributed by atoms with van der Waals surface area (Å²) in [6.07, 6.45) is -3.27. The van der Waals surface area contributed by atoms with Gasteiger partial charge in [-0.15, -0.1) is 13.2 Å². The van der Waals surface area contributed by atoms with Gasteiger partial charge >= 0.3 is 6.36 Å². The standard InChI is InChI=1S/C13H14F3NO3/c14-13(15,16)20-11-3-1-9(2-4-11)12(17-18)10-5-7-19-8-6-10/h1-4,10,18H,5-8H2/b17-12+. The fourth-order valence-corrected chi connectivity index (χ4v) is 2.17. The zero-order valence-corrected chi connectivity index (χ0v) is 10.6. The van der Waals surface area contributed by atoms with E-state index < -0.39 is 6.36 Å². The van der Waals surface area contributed by atoms with Gasteiger partial charge in [-0.1, -0.05) is 5.16 Å². The topological polar surface area (TPSA) is 51.1 Å². The summed E-state index contributed by atoms with van der Waals surface area (Å²) in [7, 11) is 0. The smallest absolute Gasteiger partial charge is 0.411 e. The Morgan fingerprint density at radius 3 is 2.30 bits per heavy atom. The number of nitrogens with zero attached hydrogens (tertiary/aromatic N) is 1. The Hall–Kier alpha value is -1.76. The molecule has 0 unspecified atom stereocenters. The molecule has 1 N–H and O–H groups in total. The number of hydrogen-bond acceptors (Lipinski definition) is 4. The Kier molecular flexibility index (Phi) is 4.49. The molecule has 0 spiro atoms. The van der Waals surface area contributed by atoms with Crippen molar-refractivity contribution in [2.75, 3.05) is 13.2 Å². The molecule has 7 heteroatoms. The van der Waals surface area contributed by atoms with Crippen molar-refractivity contribution in [3.63, 3.8) is 0 Å². The minimum absolute atomic E-state index is 0.0446. The van der Waals surface area contributed by atoms with E-state index in [0.717, 1.165) is 12.8 Å². The third kappa shape index (κ3) is 3.86. The van der Waals surface area contributed by atoms with Crippen molar-refractivity contribution in [2.24, 2.45) is 11.1 Å². The van der Waals surface area contributed by atoms with E-state index in [2.05, 4.69) is 9.89 Å². The molecule has 0 amide bonds. The summed E-state index contributed by atoms with van der Waals surface area (Å²) in [5.74, 6) is -0.256. The molecule has 0 aliphatic carbocycles. The largest absolute Gasteiger partial charge is 0.573 e. The van der Waals surface area contributed by atoms with Crippen molar-refractivity contribution in [3.05, 3.63) is 29.8 Å². The summed E-state index contributed by atoms with van der Waals surface area (Å²) in [5, 5.41) is 12.4. The van der Waals surface area contributed by atoms with Crippen LogP contribution in [0.25, 0.3) is 0 Å². The van der Waals surface area contributed by atoms with Gasteiger partial charge in [0.15, 0.2) is 0 Å². The molecular formula is C13H14F3NO3. The van der Waals surface area contributed by atoms with Gasteiger partial charge in [0, 0.05) is 19.1 Å². The van der Waals surface area contributed by atoms with E-state index in [1.807, 2.05) is 0 Å². The second-order valence-electron chi connectivity index (χ2n) is 4.44. The maximum atomic E-state index is 12.1. The highest BCUT2D eigenvalue weighted by Gasteiger charge is 2.31. The summed E-state index contributed by atoms with van der Waals surface area (Å²) in [5.41, 5.74) is 1.04. The van der Waals surface area contributed by atoms with E-state index in [4.69, 9.17) is 9.94 Å². The molecule has 0 atom stereocenters. The quantitative estimate of drug-likeness (QED) is 0.528. The normalized spacial score (nSPS) is 18.1. The van der Waals surface area contributed by atoms with E-state index in [1.54, 1.807) is 0 Å². The van der Waals surface area contributed by atoms with Crippen molar-refractivity contribution in [2.45, 2.75) is 19.2 Å².